The third-order valence-electron chi connectivity index (χ3n) is 6.77. The molecule has 1 atom stereocenters. The van der Waals surface area contributed by atoms with E-state index in [1.54, 1.807) is 37.4 Å². The summed E-state index contributed by atoms with van der Waals surface area (Å²) in [6.45, 7) is 2.64. The van der Waals surface area contributed by atoms with Gasteiger partial charge in [-0.1, -0.05) is 29.5 Å². The number of benzene rings is 3. The molecule has 8 heteroatoms. The molecule has 3 aromatic carbocycles. The monoisotopic (exact) mass is 512 g/mol. The van der Waals surface area contributed by atoms with Crippen LogP contribution in [0.2, 0.25) is 0 Å². The zero-order valence-electron chi connectivity index (χ0n) is 20.4. The average Bonchev–Trinajstić information content (AvgIpc) is 3.45. The van der Waals surface area contributed by atoms with Crippen LogP contribution in [0.4, 0.5) is 5.13 Å². The second-order valence-corrected chi connectivity index (χ2v) is 10.2. The Morgan fingerprint density at radius 1 is 1.14 bits per heavy atom. The largest absolute Gasteiger partial charge is 0.507 e. The number of hydrogen-bond donors (Lipinski definition) is 1. The lowest BCUT2D eigenvalue weighted by molar-refractivity contribution is -0.132. The van der Waals surface area contributed by atoms with Gasteiger partial charge in [0.15, 0.2) is 5.13 Å². The molecule has 0 radical (unpaired) electrons. The smallest absolute Gasteiger partial charge is 0.301 e. The summed E-state index contributed by atoms with van der Waals surface area (Å²) in [6.07, 6.45) is 1.69. The predicted molar refractivity (Wildman–Crippen MR) is 142 cm³/mol. The second-order valence-electron chi connectivity index (χ2n) is 9.19. The van der Waals surface area contributed by atoms with E-state index in [2.05, 4.69) is 4.98 Å². The molecule has 1 aromatic heterocycles. The first kappa shape index (κ1) is 23.2. The van der Waals surface area contributed by atoms with Crippen molar-refractivity contribution in [3.8, 4) is 11.5 Å². The summed E-state index contributed by atoms with van der Waals surface area (Å²) in [5.74, 6) is -0.355. The van der Waals surface area contributed by atoms with E-state index in [0.717, 1.165) is 39.9 Å². The Bertz CT molecular complexity index is 1610. The van der Waals surface area contributed by atoms with Crippen LogP contribution in [0.3, 0.4) is 0 Å². The number of aliphatic hydroxyl groups is 1. The number of rotatable bonds is 4. The van der Waals surface area contributed by atoms with Crippen molar-refractivity contribution in [1.82, 2.24) is 4.98 Å². The van der Waals surface area contributed by atoms with E-state index in [1.165, 1.54) is 16.2 Å². The van der Waals surface area contributed by atoms with Gasteiger partial charge in [-0.2, -0.15) is 0 Å². The first-order chi connectivity index (χ1) is 17.9. The molecule has 0 spiro atoms. The molecule has 1 N–H and O–H groups in total. The van der Waals surface area contributed by atoms with Crippen LogP contribution in [0.15, 0.2) is 66.2 Å². The molecule has 1 fully saturated rings. The number of thiazole rings is 1. The highest BCUT2D eigenvalue weighted by Gasteiger charge is 2.48. The van der Waals surface area contributed by atoms with Crippen molar-refractivity contribution in [1.29, 1.82) is 0 Å². The van der Waals surface area contributed by atoms with Crippen LogP contribution in [-0.2, 0) is 16.0 Å². The summed E-state index contributed by atoms with van der Waals surface area (Å²) in [4.78, 5) is 33.1. The summed E-state index contributed by atoms with van der Waals surface area (Å²) in [5, 5.41) is 11.9. The number of nitrogens with zero attached hydrogens (tertiary/aromatic N) is 2. The van der Waals surface area contributed by atoms with Gasteiger partial charge in [-0.3, -0.25) is 14.5 Å². The Hall–Kier alpha value is -4.17. The molecular weight excluding hydrogens is 488 g/mol. The highest BCUT2D eigenvalue weighted by molar-refractivity contribution is 7.22. The van der Waals surface area contributed by atoms with Gasteiger partial charge in [-0.15, -0.1) is 0 Å². The van der Waals surface area contributed by atoms with E-state index in [4.69, 9.17) is 9.47 Å². The molecule has 2 aliphatic rings. The Kier molecular flexibility index (Phi) is 5.68. The number of fused-ring (bicyclic) bond motifs is 2. The number of ketones is 1. The Balaban J connectivity index is 1.55. The van der Waals surface area contributed by atoms with Crippen LogP contribution >= 0.6 is 11.3 Å². The van der Waals surface area contributed by atoms with Crippen molar-refractivity contribution < 1.29 is 24.2 Å². The fourth-order valence-electron chi connectivity index (χ4n) is 4.94. The molecule has 0 saturated carbocycles. The topological polar surface area (TPSA) is 89.0 Å². The van der Waals surface area contributed by atoms with Gasteiger partial charge in [0.25, 0.3) is 5.78 Å². The Morgan fingerprint density at radius 3 is 2.84 bits per heavy atom. The van der Waals surface area contributed by atoms with Gasteiger partial charge >= 0.3 is 5.91 Å². The number of methoxy groups -OCH3 is 1. The van der Waals surface area contributed by atoms with E-state index in [0.29, 0.717) is 28.6 Å². The number of hydrogen-bond acceptors (Lipinski definition) is 7. The molecule has 6 rings (SSSR count). The van der Waals surface area contributed by atoms with Gasteiger partial charge in [0.05, 0.1) is 35.5 Å². The maximum absolute atomic E-state index is 13.5. The lowest BCUT2D eigenvalue weighted by Crippen LogP contribution is -2.29. The molecule has 7 nitrogen and oxygen atoms in total. The highest BCUT2D eigenvalue weighted by atomic mass is 32.1. The van der Waals surface area contributed by atoms with Crippen molar-refractivity contribution in [2.75, 3.05) is 18.6 Å². The fourth-order valence-corrected chi connectivity index (χ4v) is 6.03. The number of aryl methyl sites for hydroxylation is 2. The number of ether oxygens (including phenoxy) is 2. The normalized spacial score (nSPS) is 18.6. The van der Waals surface area contributed by atoms with Crippen molar-refractivity contribution >= 4 is 44.1 Å². The number of aliphatic hydroxyl groups excluding tert-OH is 1. The molecule has 186 valence electrons. The van der Waals surface area contributed by atoms with Gasteiger partial charge < -0.3 is 14.6 Å². The van der Waals surface area contributed by atoms with Gasteiger partial charge in [-0.25, -0.2) is 4.98 Å². The van der Waals surface area contributed by atoms with E-state index in [-0.39, 0.29) is 11.3 Å². The van der Waals surface area contributed by atoms with E-state index in [1.807, 2.05) is 37.3 Å². The van der Waals surface area contributed by atoms with Crippen LogP contribution in [0, 0.1) is 6.92 Å². The Morgan fingerprint density at radius 2 is 2.00 bits per heavy atom. The van der Waals surface area contributed by atoms with E-state index < -0.39 is 17.7 Å². The summed E-state index contributed by atoms with van der Waals surface area (Å²) in [7, 11) is 1.56. The first-order valence-electron chi connectivity index (χ1n) is 12.0. The van der Waals surface area contributed by atoms with E-state index >= 15 is 0 Å². The van der Waals surface area contributed by atoms with Crippen molar-refractivity contribution in [2.45, 2.75) is 25.8 Å². The third-order valence-corrected chi connectivity index (χ3v) is 7.79. The highest BCUT2D eigenvalue weighted by Crippen LogP contribution is 2.45. The van der Waals surface area contributed by atoms with Crippen LogP contribution < -0.4 is 14.4 Å². The van der Waals surface area contributed by atoms with Crippen LogP contribution in [-0.4, -0.2) is 35.5 Å². The molecule has 0 bridgehead atoms. The second kappa shape index (κ2) is 9.05. The molecule has 1 amide bonds. The molecule has 3 heterocycles. The van der Waals surface area contributed by atoms with Crippen LogP contribution in [0.5, 0.6) is 11.5 Å². The Labute approximate surface area is 217 Å². The molecule has 0 aliphatic carbocycles. The van der Waals surface area contributed by atoms with Gasteiger partial charge in [0.2, 0.25) is 0 Å². The molecule has 37 heavy (non-hydrogen) atoms. The fraction of sp³-hybridized carbons (Fsp3) is 0.207. The van der Waals surface area contributed by atoms with Crippen LogP contribution in [0.25, 0.3) is 16.0 Å². The summed E-state index contributed by atoms with van der Waals surface area (Å²) in [5.41, 5.74) is 3.90. The molecule has 4 aromatic rings. The number of anilines is 1. The number of aromatic nitrogens is 1. The SMILES string of the molecule is COc1cccc(C2/C(=C(\O)c3ccc4c(c3)CCCO4)C(=O)C(=O)N2c2nc3ccc(C)cc3s2)c1. The lowest BCUT2D eigenvalue weighted by Gasteiger charge is -2.23. The zero-order chi connectivity index (χ0) is 25.7. The van der Waals surface area contributed by atoms with Crippen LogP contribution in [0.1, 0.15) is 34.7 Å². The molecule has 2 aliphatic heterocycles. The number of carbonyl (C=O) groups is 2. The van der Waals surface area contributed by atoms with Gasteiger partial charge in [-0.05, 0) is 78.9 Å². The standard InChI is InChI=1S/C29H24N2O5S/c1-16-8-10-21-23(13-16)37-29(30-21)31-25(18-5-3-7-20(15-18)35-2)24(27(33)28(31)34)26(32)19-9-11-22-17(14-19)6-4-12-36-22/h3,5,7-11,13-15,25,32H,4,6,12H2,1-2H3/b26-24+. The van der Waals surface area contributed by atoms with E-state index in [9.17, 15) is 14.7 Å². The summed E-state index contributed by atoms with van der Waals surface area (Å²) < 4.78 is 12.0. The number of carbonyl (C=O) groups excluding carboxylic acids is 2. The maximum atomic E-state index is 13.5. The summed E-state index contributed by atoms with van der Waals surface area (Å²) >= 11 is 1.34. The zero-order valence-corrected chi connectivity index (χ0v) is 21.2. The maximum Gasteiger partial charge on any atom is 0.301 e. The molecule has 1 saturated heterocycles. The van der Waals surface area contributed by atoms with Crippen molar-refractivity contribution in [3.05, 3.63) is 88.5 Å². The van der Waals surface area contributed by atoms with Crippen molar-refractivity contribution in [3.63, 3.8) is 0 Å². The molecular formula is C29H24N2O5S. The van der Waals surface area contributed by atoms with Gasteiger partial charge in [0.1, 0.15) is 17.3 Å². The third kappa shape index (κ3) is 3.94. The minimum atomic E-state index is -0.871. The predicted octanol–water partition coefficient (Wildman–Crippen LogP) is 5.56. The first-order valence-corrected chi connectivity index (χ1v) is 12.8. The summed E-state index contributed by atoms with van der Waals surface area (Å²) in [6, 6.07) is 17.5. The minimum absolute atomic E-state index is 0.0189. The average molecular weight is 513 g/mol. The quantitative estimate of drug-likeness (QED) is 0.219. The van der Waals surface area contributed by atoms with Crippen molar-refractivity contribution in [2.24, 2.45) is 0 Å². The number of Topliss-reactive ketones (excluding diaryl/α,β-unsaturated/α-hetero) is 1. The molecule has 1 unspecified atom stereocenters. The van der Waals surface area contributed by atoms with Gasteiger partial charge in [0, 0.05) is 5.56 Å². The minimum Gasteiger partial charge on any atom is -0.507 e. The lowest BCUT2D eigenvalue weighted by atomic mass is 9.94. The number of amides is 1.